The van der Waals surface area contributed by atoms with E-state index in [9.17, 15) is 9.90 Å². The Morgan fingerprint density at radius 2 is 2.09 bits per heavy atom. The van der Waals surface area contributed by atoms with Crippen molar-refractivity contribution >= 4 is 5.97 Å². The molecular weight excluding hydrogens is 144 g/mol. The number of hydrogen-bond acceptors (Lipinski definition) is 3. The third kappa shape index (κ3) is 0.460. The van der Waals surface area contributed by atoms with E-state index in [0.717, 1.165) is 12.8 Å². The van der Waals surface area contributed by atoms with Gasteiger partial charge in [0.05, 0.1) is 5.92 Å². The lowest BCUT2D eigenvalue weighted by Gasteiger charge is -2.07. The van der Waals surface area contributed by atoms with Crippen LogP contribution >= 0.6 is 0 Å². The molecule has 1 aliphatic heterocycles. The van der Waals surface area contributed by atoms with Crippen LogP contribution in [0.25, 0.3) is 0 Å². The molecule has 3 aliphatic rings. The Hall–Kier alpha value is -0.990. The standard InChI is InChI=1S/C8H8O3/c9-6-3-1-4-5(2-3)8(10)11-7(4)6/h3-5,9H,1-2H2. The Morgan fingerprint density at radius 3 is 2.73 bits per heavy atom. The van der Waals surface area contributed by atoms with Gasteiger partial charge in [-0.3, -0.25) is 4.79 Å². The van der Waals surface area contributed by atoms with Crippen LogP contribution in [-0.4, -0.2) is 11.1 Å². The van der Waals surface area contributed by atoms with E-state index in [1.165, 1.54) is 0 Å². The van der Waals surface area contributed by atoms with Crippen LogP contribution in [-0.2, 0) is 9.53 Å². The molecule has 0 aromatic carbocycles. The number of hydrogen-bond donors (Lipinski definition) is 1. The molecular formula is C8H8O3. The zero-order chi connectivity index (χ0) is 7.59. The largest absolute Gasteiger partial charge is 0.508 e. The van der Waals surface area contributed by atoms with Gasteiger partial charge in [-0.25, -0.2) is 0 Å². The number of aliphatic hydroxyl groups is 1. The second-order valence-electron chi connectivity index (χ2n) is 3.55. The number of carbonyl (C=O) groups excluding carboxylic acids is 1. The van der Waals surface area contributed by atoms with Crippen LogP contribution in [0.3, 0.4) is 0 Å². The van der Waals surface area contributed by atoms with Gasteiger partial charge < -0.3 is 9.84 Å². The Morgan fingerprint density at radius 1 is 1.36 bits per heavy atom. The monoisotopic (exact) mass is 152 g/mol. The van der Waals surface area contributed by atoms with Gasteiger partial charge in [-0.1, -0.05) is 0 Å². The average molecular weight is 152 g/mol. The first-order valence-corrected chi connectivity index (χ1v) is 3.92. The molecule has 3 unspecified atom stereocenters. The van der Waals surface area contributed by atoms with Crippen LogP contribution < -0.4 is 0 Å². The summed E-state index contributed by atoms with van der Waals surface area (Å²) in [5, 5.41) is 9.43. The van der Waals surface area contributed by atoms with Crippen LogP contribution in [0.1, 0.15) is 12.8 Å². The van der Waals surface area contributed by atoms with Gasteiger partial charge in [0.15, 0.2) is 0 Å². The molecule has 2 bridgehead atoms. The topological polar surface area (TPSA) is 46.5 Å². The minimum Gasteiger partial charge on any atom is -0.508 e. The molecule has 2 fully saturated rings. The van der Waals surface area contributed by atoms with Gasteiger partial charge in [-0.2, -0.15) is 0 Å². The first-order chi connectivity index (χ1) is 5.27. The van der Waals surface area contributed by atoms with Crippen molar-refractivity contribution in [1.29, 1.82) is 0 Å². The van der Waals surface area contributed by atoms with Crippen molar-refractivity contribution in [1.82, 2.24) is 0 Å². The summed E-state index contributed by atoms with van der Waals surface area (Å²) in [6, 6.07) is 0. The summed E-state index contributed by atoms with van der Waals surface area (Å²) in [6.07, 6.45) is 1.73. The number of carbonyl (C=O) groups is 1. The van der Waals surface area contributed by atoms with E-state index in [2.05, 4.69) is 0 Å². The summed E-state index contributed by atoms with van der Waals surface area (Å²) in [5.74, 6) is 1.33. The maximum absolute atomic E-state index is 11.1. The lowest BCUT2D eigenvalue weighted by Crippen LogP contribution is -2.10. The molecule has 3 atom stereocenters. The van der Waals surface area contributed by atoms with Gasteiger partial charge in [-0.15, -0.1) is 0 Å². The summed E-state index contributed by atoms with van der Waals surface area (Å²) in [5.41, 5.74) is 0. The molecule has 1 heterocycles. The Kier molecular flexibility index (Phi) is 0.739. The summed E-state index contributed by atoms with van der Waals surface area (Å²) in [6.45, 7) is 0. The number of rotatable bonds is 0. The zero-order valence-corrected chi connectivity index (χ0v) is 5.91. The number of fused-ring (bicyclic) bond motifs is 1. The molecule has 11 heavy (non-hydrogen) atoms. The lowest BCUT2D eigenvalue weighted by atomic mass is 9.94. The molecule has 1 saturated carbocycles. The highest BCUT2D eigenvalue weighted by Gasteiger charge is 2.56. The summed E-state index contributed by atoms with van der Waals surface area (Å²) in [4.78, 5) is 11.1. The predicted octanol–water partition coefficient (Wildman–Crippen LogP) is 0.969. The Bertz CT molecular complexity index is 279. The third-order valence-electron chi connectivity index (χ3n) is 3.05. The van der Waals surface area contributed by atoms with Gasteiger partial charge in [-0.05, 0) is 12.8 Å². The van der Waals surface area contributed by atoms with Crippen LogP contribution in [0.5, 0.6) is 0 Å². The van der Waals surface area contributed by atoms with E-state index < -0.39 is 0 Å². The fraction of sp³-hybridized carbons (Fsp3) is 0.625. The number of ether oxygens (including phenoxy) is 1. The highest BCUT2D eigenvalue weighted by molar-refractivity contribution is 5.79. The molecule has 58 valence electrons. The van der Waals surface area contributed by atoms with Gasteiger partial charge in [0.25, 0.3) is 0 Å². The van der Waals surface area contributed by atoms with Crippen LogP contribution in [0.15, 0.2) is 11.5 Å². The molecule has 0 aromatic heterocycles. The van der Waals surface area contributed by atoms with E-state index in [4.69, 9.17) is 4.74 Å². The minimum atomic E-state index is -0.128. The predicted molar refractivity (Wildman–Crippen MR) is 35.5 cm³/mol. The highest BCUT2D eigenvalue weighted by Crippen LogP contribution is 2.55. The fourth-order valence-corrected chi connectivity index (χ4v) is 2.51. The second kappa shape index (κ2) is 1.44. The smallest absolute Gasteiger partial charge is 0.314 e. The van der Waals surface area contributed by atoms with Crippen molar-refractivity contribution < 1.29 is 14.6 Å². The minimum absolute atomic E-state index is 0.0749. The number of esters is 1. The molecule has 0 amide bonds. The summed E-state index contributed by atoms with van der Waals surface area (Å²) < 4.78 is 4.94. The highest BCUT2D eigenvalue weighted by atomic mass is 16.6. The quantitative estimate of drug-likeness (QED) is 0.526. The van der Waals surface area contributed by atoms with E-state index in [0.29, 0.717) is 11.5 Å². The molecule has 0 aromatic rings. The Labute approximate surface area is 63.7 Å². The first kappa shape index (κ1) is 5.63. The molecule has 1 N–H and O–H groups in total. The Balaban J connectivity index is 2.18. The number of allylic oxidation sites excluding steroid dienone is 2. The summed E-state index contributed by atoms with van der Waals surface area (Å²) >= 11 is 0. The van der Waals surface area contributed by atoms with Gasteiger partial charge in [0.2, 0.25) is 0 Å². The van der Waals surface area contributed by atoms with Crippen LogP contribution in [0.2, 0.25) is 0 Å². The first-order valence-electron chi connectivity index (χ1n) is 3.92. The van der Waals surface area contributed by atoms with Crippen LogP contribution in [0, 0.1) is 17.8 Å². The average Bonchev–Trinajstić information content (AvgIpc) is 2.53. The molecule has 0 radical (unpaired) electrons. The lowest BCUT2D eigenvalue weighted by molar-refractivity contribution is -0.138. The zero-order valence-electron chi connectivity index (χ0n) is 5.91. The maximum Gasteiger partial charge on any atom is 0.314 e. The van der Waals surface area contributed by atoms with Crippen molar-refractivity contribution in [3.8, 4) is 0 Å². The van der Waals surface area contributed by atoms with E-state index in [1.807, 2.05) is 0 Å². The van der Waals surface area contributed by atoms with E-state index in [-0.39, 0.29) is 23.7 Å². The van der Waals surface area contributed by atoms with E-state index in [1.54, 1.807) is 0 Å². The molecule has 3 rings (SSSR count). The maximum atomic E-state index is 11.1. The van der Waals surface area contributed by atoms with Crippen molar-refractivity contribution in [3.63, 3.8) is 0 Å². The normalized spacial score (nSPS) is 45.5. The van der Waals surface area contributed by atoms with Crippen molar-refractivity contribution in [2.75, 3.05) is 0 Å². The number of aliphatic hydroxyl groups excluding tert-OH is 1. The summed E-state index contributed by atoms with van der Waals surface area (Å²) in [7, 11) is 0. The third-order valence-corrected chi connectivity index (χ3v) is 3.05. The molecule has 2 aliphatic carbocycles. The van der Waals surface area contributed by atoms with E-state index >= 15 is 0 Å². The molecule has 3 nitrogen and oxygen atoms in total. The SMILES string of the molecule is O=C1OC2=C(O)C3CC1C2C3. The van der Waals surface area contributed by atoms with Gasteiger partial charge >= 0.3 is 5.97 Å². The fourth-order valence-electron chi connectivity index (χ4n) is 2.51. The van der Waals surface area contributed by atoms with Crippen molar-refractivity contribution in [2.24, 2.45) is 17.8 Å². The van der Waals surface area contributed by atoms with Crippen LogP contribution in [0.4, 0.5) is 0 Å². The van der Waals surface area contributed by atoms with Gasteiger partial charge in [0.1, 0.15) is 11.5 Å². The van der Waals surface area contributed by atoms with Crippen molar-refractivity contribution in [2.45, 2.75) is 12.8 Å². The second-order valence-corrected chi connectivity index (χ2v) is 3.55. The molecule has 1 saturated heterocycles. The van der Waals surface area contributed by atoms with Crippen molar-refractivity contribution in [3.05, 3.63) is 11.5 Å². The molecule has 3 heteroatoms. The van der Waals surface area contributed by atoms with Gasteiger partial charge in [0, 0.05) is 11.8 Å². The molecule has 0 spiro atoms.